The minimum absolute atomic E-state index is 0.363. The Morgan fingerprint density at radius 1 is 1.30 bits per heavy atom. The third kappa shape index (κ3) is 4.36. The second kappa shape index (κ2) is 7.46. The summed E-state index contributed by atoms with van der Waals surface area (Å²) in [6.45, 7) is 5.28. The van der Waals surface area contributed by atoms with E-state index >= 15 is 0 Å². The Hall–Kier alpha value is -1.32. The van der Waals surface area contributed by atoms with Crippen molar-refractivity contribution in [1.82, 2.24) is 15.1 Å². The largest absolute Gasteiger partial charge is 0.306 e. The molecule has 4 heteroatoms. The Morgan fingerprint density at radius 2 is 2.05 bits per heavy atom. The number of hydrogen-bond donors (Lipinski definition) is 1. The molecule has 0 spiro atoms. The molecule has 108 valence electrons. The highest BCUT2D eigenvalue weighted by molar-refractivity contribution is 6.30. The molecular weight excluding hydrogens is 270 g/mol. The Balaban J connectivity index is 1.99. The van der Waals surface area contributed by atoms with Gasteiger partial charge < -0.3 is 5.32 Å². The summed E-state index contributed by atoms with van der Waals surface area (Å²) in [7, 11) is 0. The maximum absolute atomic E-state index is 5.96. The fraction of sp³-hybridized carbons (Fsp3) is 0.438. The van der Waals surface area contributed by atoms with Crippen LogP contribution < -0.4 is 5.32 Å². The van der Waals surface area contributed by atoms with Crippen molar-refractivity contribution < 1.29 is 0 Å². The van der Waals surface area contributed by atoms with Gasteiger partial charge in [-0.05, 0) is 37.1 Å². The van der Waals surface area contributed by atoms with E-state index in [1.54, 1.807) is 0 Å². The van der Waals surface area contributed by atoms with Gasteiger partial charge >= 0.3 is 0 Å². The average molecular weight is 292 g/mol. The number of halogens is 1. The zero-order valence-corrected chi connectivity index (χ0v) is 12.8. The third-order valence-electron chi connectivity index (χ3n) is 3.36. The highest BCUT2D eigenvalue weighted by atomic mass is 35.5. The Kier molecular flexibility index (Phi) is 5.62. The van der Waals surface area contributed by atoms with Gasteiger partial charge in [0.25, 0.3) is 0 Å². The summed E-state index contributed by atoms with van der Waals surface area (Å²) >= 11 is 5.96. The number of nitrogens with zero attached hydrogens (tertiary/aromatic N) is 2. The van der Waals surface area contributed by atoms with Gasteiger partial charge in [0.05, 0.1) is 6.54 Å². The van der Waals surface area contributed by atoms with Crippen molar-refractivity contribution in [3.05, 3.63) is 53.3 Å². The van der Waals surface area contributed by atoms with Gasteiger partial charge in [-0.2, -0.15) is 5.10 Å². The van der Waals surface area contributed by atoms with E-state index in [4.69, 9.17) is 11.6 Å². The highest BCUT2D eigenvalue weighted by Crippen LogP contribution is 2.21. The molecule has 1 heterocycles. The van der Waals surface area contributed by atoms with Crippen LogP contribution >= 0.6 is 11.6 Å². The van der Waals surface area contributed by atoms with Gasteiger partial charge in [-0.1, -0.05) is 37.1 Å². The molecule has 0 radical (unpaired) electrons. The minimum atomic E-state index is 0.363. The second-order valence-electron chi connectivity index (χ2n) is 5.19. The van der Waals surface area contributed by atoms with E-state index in [1.807, 2.05) is 35.3 Å². The fourth-order valence-corrected chi connectivity index (χ4v) is 2.54. The number of aromatic nitrogens is 2. The zero-order valence-electron chi connectivity index (χ0n) is 12.1. The molecule has 0 saturated carbocycles. The molecule has 2 atom stereocenters. The van der Waals surface area contributed by atoms with Crippen molar-refractivity contribution in [2.24, 2.45) is 0 Å². The van der Waals surface area contributed by atoms with Crippen LogP contribution in [-0.2, 0) is 6.54 Å². The van der Waals surface area contributed by atoms with Gasteiger partial charge in [0.1, 0.15) is 0 Å². The van der Waals surface area contributed by atoms with E-state index in [9.17, 15) is 0 Å². The lowest BCUT2D eigenvalue weighted by Crippen LogP contribution is -2.34. The molecule has 0 bridgehead atoms. The van der Waals surface area contributed by atoms with Gasteiger partial charge in [0.2, 0.25) is 0 Å². The number of nitrogens with one attached hydrogen (secondary N) is 1. The number of hydrogen-bond acceptors (Lipinski definition) is 2. The van der Waals surface area contributed by atoms with Gasteiger partial charge in [-0.15, -0.1) is 0 Å². The van der Waals surface area contributed by atoms with Crippen LogP contribution in [0.2, 0.25) is 5.02 Å². The van der Waals surface area contributed by atoms with Crippen LogP contribution in [0.4, 0.5) is 0 Å². The predicted molar refractivity (Wildman–Crippen MR) is 83.9 cm³/mol. The lowest BCUT2D eigenvalue weighted by Gasteiger charge is -2.23. The maximum atomic E-state index is 5.96. The van der Waals surface area contributed by atoms with Crippen LogP contribution in [0.25, 0.3) is 0 Å². The average Bonchev–Trinajstić information content (AvgIpc) is 2.92. The first-order chi connectivity index (χ1) is 9.69. The summed E-state index contributed by atoms with van der Waals surface area (Å²) < 4.78 is 1.96. The molecule has 2 aromatic rings. The molecule has 1 aromatic heterocycles. The van der Waals surface area contributed by atoms with Crippen LogP contribution in [0.1, 0.15) is 38.3 Å². The quantitative estimate of drug-likeness (QED) is 0.834. The molecule has 0 amide bonds. The number of benzene rings is 1. The van der Waals surface area contributed by atoms with Crippen molar-refractivity contribution in [2.75, 3.05) is 0 Å². The molecule has 0 aliphatic carbocycles. The van der Waals surface area contributed by atoms with Crippen LogP contribution in [0.15, 0.2) is 42.7 Å². The van der Waals surface area contributed by atoms with Gasteiger partial charge in [0, 0.05) is 29.5 Å². The van der Waals surface area contributed by atoms with E-state index in [-0.39, 0.29) is 0 Å². The molecule has 0 aliphatic heterocycles. The van der Waals surface area contributed by atoms with Crippen LogP contribution in [0.3, 0.4) is 0 Å². The first-order valence-corrected chi connectivity index (χ1v) is 7.55. The van der Waals surface area contributed by atoms with Crippen molar-refractivity contribution in [3.63, 3.8) is 0 Å². The fourth-order valence-electron chi connectivity index (χ4n) is 2.42. The summed E-state index contributed by atoms with van der Waals surface area (Å²) in [6, 6.07) is 10.8. The van der Waals surface area contributed by atoms with E-state index in [0.717, 1.165) is 24.4 Å². The molecular formula is C16H22ClN3. The van der Waals surface area contributed by atoms with E-state index < -0.39 is 0 Å². The first-order valence-electron chi connectivity index (χ1n) is 7.18. The Bertz CT molecular complexity index is 493. The van der Waals surface area contributed by atoms with Gasteiger partial charge in [-0.25, -0.2) is 0 Å². The van der Waals surface area contributed by atoms with Crippen molar-refractivity contribution in [3.8, 4) is 0 Å². The van der Waals surface area contributed by atoms with Gasteiger partial charge in [-0.3, -0.25) is 4.68 Å². The van der Waals surface area contributed by atoms with Crippen LogP contribution in [-0.4, -0.2) is 15.8 Å². The molecule has 2 unspecified atom stereocenters. The minimum Gasteiger partial charge on any atom is -0.306 e. The first kappa shape index (κ1) is 15.1. The summed E-state index contributed by atoms with van der Waals surface area (Å²) in [5, 5.41) is 8.73. The smallest absolute Gasteiger partial charge is 0.0560 e. The zero-order chi connectivity index (χ0) is 14.4. The topological polar surface area (TPSA) is 29.9 Å². The predicted octanol–water partition coefficient (Wildman–Crippen LogP) is 4.06. The Morgan fingerprint density at radius 3 is 2.65 bits per heavy atom. The molecule has 0 fully saturated rings. The molecule has 2 rings (SSSR count). The molecule has 3 nitrogen and oxygen atoms in total. The molecule has 0 saturated heterocycles. The lowest BCUT2D eigenvalue weighted by atomic mass is 10.0. The lowest BCUT2D eigenvalue weighted by molar-refractivity contribution is 0.384. The van der Waals surface area contributed by atoms with Crippen LogP contribution in [0.5, 0.6) is 0 Å². The summed E-state index contributed by atoms with van der Waals surface area (Å²) in [5.74, 6) is 0. The van der Waals surface area contributed by atoms with Crippen molar-refractivity contribution in [2.45, 2.75) is 45.3 Å². The van der Waals surface area contributed by atoms with Gasteiger partial charge in [0.15, 0.2) is 0 Å². The summed E-state index contributed by atoms with van der Waals surface area (Å²) in [6.07, 6.45) is 6.07. The standard InChI is InChI=1S/C16H22ClN3/c1-3-5-16(14-6-8-15(17)9-7-14)19-13(2)12-20-11-4-10-18-20/h4,6-11,13,16,19H,3,5,12H2,1-2H3. The highest BCUT2D eigenvalue weighted by Gasteiger charge is 2.14. The monoisotopic (exact) mass is 291 g/mol. The molecule has 1 N–H and O–H groups in total. The SMILES string of the molecule is CCCC(NC(C)Cn1cccn1)c1ccc(Cl)cc1. The van der Waals surface area contributed by atoms with Crippen molar-refractivity contribution in [1.29, 1.82) is 0 Å². The Labute approximate surface area is 126 Å². The summed E-state index contributed by atoms with van der Waals surface area (Å²) in [4.78, 5) is 0. The summed E-state index contributed by atoms with van der Waals surface area (Å²) in [5.41, 5.74) is 1.29. The molecule has 20 heavy (non-hydrogen) atoms. The normalized spacial score (nSPS) is 14.2. The van der Waals surface area contributed by atoms with E-state index in [2.05, 4.69) is 36.4 Å². The maximum Gasteiger partial charge on any atom is 0.0560 e. The van der Waals surface area contributed by atoms with Crippen LogP contribution in [0, 0.1) is 0 Å². The molecule has 0 aliphatic rings. The van der Waals surface area contributed by atoms with E-state index in [1.165, 1.54) is 5.56 Å². The third-order valence-corrected chi connectivity index (χ3v) is 3.61. The second-order valence-corrected chi connectivity index (χ2v) is 5.63. The van der Waals surface area contributed by atoms with E-state index in [0.29, 0.717) is 12.1 Å². The number of rotatable bonds is 7. The molecule has 1 aromatic carbocycles. The van der Waals surface area contributed by atoms with Crippen molar-refractivity contribution >= 4 is 11.6 Å².